The second-order valence-electron chi connectivity index (χ2n) is 7.05. The van der Waals surface area contributed by atoms with Crippen LogP contribution in [-0.4, -0.2) is 46.0 Å². The molecule has 1 aromatic carbocycles. The van der Waals surface area contributed by atoms with Crippen LogP contribution >= 0.6 is 0 Å². The quantitative estimate of drug-likeness (QED) is 0.559. The number of anilines is 2. The number of nitrogens with zero attached hydrogens (tertiary/aromatic N) is 8. The molecule has 1 saturated heterocycles. The number of nitriles is 1. The van der Waals surface area contributed by atoms with Crippen LogP contribution in [0.4, 0.5) is 16.0 Å². The molecule has 0 aliphatic carbocycles. The predicted molar refractivity (Wildman–Crippen MR) is 97.4 cm³/mol. The maximum atomic E-state index is 15.0. The summed E-state index contributed by atoms with van der Waals surface area (Å²) >= 11 is 0. The van der Waals surface area contributed by atoms with E-state index >= 15 is 4.39 Å². The summed E-state index contributed by atoms with van der Waals surface area (Å²) in [5.41, 5.74) is 1.49. The fourth-order valence-corrected chi connectivity index (χ4v) is 4.06. The largest absolute Gasteiger partial charge is 0.381 e. The number of rotatable bonds is 2. The second-order valence-corrected chi connectivity index (χ2v) is 7.05. The van der Waals surface area contributed by atoms with Crippen molar-refractivity contribution in [2.24, 2.45) is 4.99 Å². The Labute approximate surface area is 164 Å². The number of hydrogen-bond acceptors (Lipinski definition) is 10. The molecule has 2 aromatic rings. The molecule has 29 heavy (non-hydrogen) atoms. The Morgan fingerprint density at radius 2 is 2.17 bits per heavy atom. The van der Waals surface area contributed by atoms with E-state index in [9.17, 15) is 5.26 Å². The average molecular weight is 394 g/mol. The number of aromatic nitrogens is 2. The first-order valence-electron chi connectivity index (χ1n) is 9.21. The van der Waals surface area contributed by atoms with Crippen LogP contribution in [0.2, 0.25) is 0 Å². The normalized spacial score (nSPS) is 27.0. The van der Waals surface area contributed by atoms with E-state index in [0.29, 0.717) is 36.6 Å². The van der Waals surface area contributed by atoms with E-state index in [2.05, 4.69) is 15.1 Å². The van der Waals surface area contributed by atoms with E-state index in [1.807, 2.05) is 30.5 Å². The summed E-state index contributed by atoms with van der Waals surface area (Å²) in [6.07, 6.45) is 3.68. The molecule has 0 amide bonds. The molecule has 11 heteroatoms. The van der Waals surface area contributed by atoms with Crippen molar-refractivity contribution in [2.45, 2.75) is 24.9 Å². The number of aliphatic imine (C=N–C) groups is 1. The third-order valence-electron chi connectivity index (χ3n) is 5.46. The molecule has 6 rings (SSSR count). The van der Waals surface area contributed by atoms with Gasteiger partial charge in [-0.2, -0.15) is 14.6 Å². The minimum absolute atomic E-state index is 0.0696. The van der Waals surface area contributed by atoms with Gasteiger partial charge in [0.25, 0.3) is 12.4 Å². The second kappa shape index (κ2) is 5.92. The zero-order valence-corrected chi connectivity index (χ0v) is 15.1. The summed E-state index contributed by atoms with van der Waals surface area (Å²) in [4.78, 5) is 11.5. The van der Waals surface area contributed by atoms with Gasteiger partial charge in [0.15, 0.2) is 18.2 Å². The molecule has 0 N–H and O–H groups in total. The predicted octanol–water partition coefficient (Wildman–Crippen LogP) is 2.01. The molecular formula is C18H15FN8O2. The highest BCUT2D eigenvalue weighted by atomic mass is 19.1. The fourth-order valence-electron chi connectivity index (χ4n) is 4.06. The lowest BCUT2D eigenvalue weighted by atomic mass is 10.1. The van der Waals surface area contributed by atoms with E-state index in [1.54, 1.807) is 16.4 Å². The number of hydrazine groups is 1. The summed E-state index contributed by atoms with van der Waals surface area (Å²) < 4.78 is 25.9. The Morgan fingerprint density at radius 3 is 3.00 bits per heavy atom. The highest BCUT2D eigenvalue weighted by Gasteiger charge is 2.48. The average Bonchev–Trinajstić information content (AvgIpc) is 3.52. The number of fused-ring (bicyclic) bond motifs is 6. The molecule has 0 bridgehead atoms. The van der Waals surface area contributed by atoms with E-state index in [1.165, 1.54) is 11.1 Å². The van der Waals surface area contributed by atoms with Gasteiger partial charge in [-0.1, -0.05) is 18.2 Å². The lowest BCUT2D eigenvalue weighted by Crippen LogP contribution is -2.49. The third kappa shape index (κ3) is 2.20. The SMILES string of the molecule is N#CN1C=C2N(c3ccccc3C3N=CN(c4noc(C5CCOC5)n4)N23)C1F. The van der Waals surface area contributed by atoms with Crippen LogP contribution in [0.5, 0.6) is 0 Å². The van der Waals surface area contributed by atoms with Crippen LogP contribution < -0.4 is 9.91 Å². The molecule has 1 fully saturated rings. The van der Waals surface area contributed by atoms with Crippen LogP contribution in [-0.2, 0) is 4.74 Å². The molecule has 3 unspecified atom stereocenters. The molecular weight excluding hydrogens is 379 g/mol. The summed E-state index contributed by atoms with van der Waals surface area (Å²) in [5, 5.41) is 16.8. The lowest BCUT2D eigenvalue weighted by Gasteiger charge is -2.42. The lowest BCUT2D eigenvalue weighted by molar-refractivity contribution is 0.189. The highest BCUT2D eigenvalue weighted by Crippen LogP contribution is 2.48. The molecule has 3 atom stereocenters. The first kappa shape index (κ1) is 16.3. The van der Waals surface area contributed by atoms with Gasteiger partial charge in [0.05, 0.1) is 24.4 Å². The number of para-hydroxylation sites is 1. The molecule has 146 valence electrons. The Morgan fingerprint density at radius 1 is 1.28 bits per heavy atom. The Bertz CT molecular complexity index is 1070. The van der Waals surface area contributed by atoms with Crippen molar-refractivity contribution in [3.05, 3.63) is 47.7 Å². The zero-order chi connectivity index (χ0) is 19.5. The minimum Gasteiger partial charge on any atom is -0.381 e. The van der Waals surface area contributed by atoms with E-state index < -0.39 is 12.6 Å². The molecule has 10 nitrogen and oxygen atoms in total. The third-order valence-corrected chi connectivity index (χ3v) is 5.46. The Kier molecular flexibility index (Phi) is 3.33. The van der Waals surface area contributed by atoms with Gasteiger partial charge in [0, 0.05) is 12.2 Å². The first-order valence-corrected chi connectivity index (χ1v) is 9.21. The Hall–Kier alpha value is -3.65. The van der Waals surface area contributed by atoms with Crippen LogP contribution in [0.3, 0.4) is 0 Å². The molecule has 4 aliphatic rings. The molecule has 5 heterocycles. The zero-order valence-electron chi connectivity index (χ0n) is 15.1. The van der Waals surface area contributed by atoms with Crippen LogP contribution in [0, 0.1) is 11.5 Å². The molecule has 0 saturated carbocycles. The van der Waals surface area contributed by atoms with Gasteiger partial charge in [-0.25, -0.2) is 19.9 Å². The van der Waals surface area contributed by atoms with Gasteiger partial charge in [-0.05, 0) is 17.6 Å². The van der Waals surface area contributed by atoms with Crippen molar-refractivity contribution in [3.63, 3.8) is 0 Å². The van der Waals surface area contributed by atoms with E-state index in [4.69, 9.17) is 9.26 Å². The van der Waals surface area contributed by atoms with Crippen molar-refractivity contribution in [3.8, 4) is 6.19 Å². The minimum atomic E-state index is -1.64. The number of hydrogen-bond donors (Lipinski definition) is 0. The van der Waals surface area contributed by atoms with Crippen LogP contribution in [0.1, 0.15) is 30.0 Å². The molecule has 0 spiro atoms. The molecule has 4 aliphatic heterocycles. The van der Waals surface area contributed by atoms with Crippen molar-refractivity contribution >= 4 is 18.0 Å². The van der Waals surface area contributed by atoms with Gasteiger partial charge < -0.3 is 9.26 Å². The smallest absolute Gasteiger partial charge is 0.290 e. The number of ether oxygens (including phenoxy) is 1. The van der Waals surface area contributed by atoms with Crippen molar-refractivity contribution in [2.75, 3.05) is 23.1 Å². The fraction of sp³-hybridized carbons (Fsp3) is 0.333. The van der Waals surface area contributed by atoms with Crippen molar-refractivity contribution in [1.29, 1.82) is 5.26 Å². The number of alkyl halides is 1. The van der Waals surface area contributed by atoms with Crippen LogP contribution in [0.25, 0.3) is 0 Å². The van der Waals surface area contributed by atoms with E-state index in [0.717, 1.165) is 16.9 Å². The maximum absolute atomic E-state index is 15.0. The molecule has 1 aromatic heterocycles. The maximum Gasteiger partial charge on any atom is 0.290 e. The monoisotopic (exact) mass is 394 g/mol. The first-order chi connectivity index (χ1) is 14.3. The van der Waals surface area contributed by atoms with Gasteiger partial charge in [0.1, 0.15) is 6.34 Å². The summed E-state index contributed by atoms with van der Waals surface area (Å²) in [6, 6.07) is 7.42. The van der Waals surface area contributed by atoms with Crippen molar-refractivity contribution in [1.82, 2.24) is 20.0 Å². The van der Waals surface area contributed by atoms with Gasteiger partial charge >= 0.3 is 0 Å². The van der Waals surface area contributed by atoms with Gasteiger partial charge in [-0.15, -0.1) is 0 Å². The Balaban J connectivity index is 1.42. The summed E-state index contributed by atoms with van der Waals surface area (Å²) in [5.74, 6) is 1.34. The number of halogens is 1. The summed E-state index contributed by atoms with van der Waals surface area (Å²) in [6.45, 7) is 1.22. The van der Waals surface area contributed by atoms with Gasteiger partial charge in [-0.3, -0.25) is 4.90 Å². The van der Waals surface area contributed by atoms with Crippen molar-refractivity contribution < 1.29 is 13.7 Å². The van der Waals surface area contributed by atoms with E-state index in [-0.39, 0.29) is 5.92 Å². The summed E-state index contributed by atoms with van der Waals surface area (Å²) in [7, 11) is 0. The van der Waals surface area contributed by atoms with Gasteiger partial charge in [0.2, 0.25) is 5.89 Å². The van der Waals surface area contributed by atoms with Crippen LogP contribution in [0.15, 0.2) is 45.8 Å². The number of benzene rings is 1. The standard InChI is InChI=1S/C18H15FN8O2/c19-17-24(9-20)7-14-26(17)13-4-2-1-3-12(13)15-21-10-25(27(14)15)18-22-16(29-23-18)11-5-6-28-8-11/h1-4,7,10-11,15,17H,5-6,8H2. The highest BCUT2D eigenvalue weighted by molar-refractivity contribution is 5.80. The topological polar surface area (TPSA) is 97.3 Å². The molecule has 0 radical (unpaired) electrons.